The van der Waals surface area contributed by atoms with Crippen molar-refractivity contribution >= 4 is 34.3 Å². The monoisotopic (exact) mass is 489 g/mol. The molecule has 1 atom stereocenters. The van der Waals surface area contributed by atoms with Crippen LogP contribution in [0.3, 0.4) is 0 Å². The van der Waals surface area contributed by atoms with Crippen molar-refractivity contribution in [3.63, 3.8) is 0 Å². The molecule has 1 amide bonds. The highest BCUT2D eigenvalue weighted by molar-refractivity contribution is 7.99. The molecule has 1 fully saturated rings. The van der Waals surface area contributed by atoms with Crippen LogP contribution in [0.2, 0.25) is 0 Å². The van der Waals surface area contributed by atoms with Gasteiger partial charge >= 0.3 is 0 Å². The predicted molar refractivity (Wildman–Crippen MR) is 131 cm³/mol. The number of hydrogen-bond donors (Lipinski definition) is 1. The third kappa shape index (κ3) is 4.87. The maximum absolute atomic E-state index is 12.8. The van der Waals surface area contributed by atoms with Crippen LogP contribution in [0.4, 0.5) is 5.69 Å². The summed E-state index contributed by atoms with van der Waals surface area (Å²) in [4.78, 5) is 12.8. The largest absolute Gasteiger partial charge is 0.497 e. The average Bonchev–Trinajstić information content (AvgIpc) is 3.63. The fourth-order valence-electron chi connectivity index (χ4n) is 4.06. The Morgan fingerprint density at radius 1 is 1.26 bits per heavy atom. The quantitative estimate of drug-likeness (QED) is 0.360. The molecule has 2 aromatic carbocycles. The first kappa shape index (κ1) is 23.0. The molecule has 2 aromatic heterocycles. The Balaban J connectivity index is 1.35. The standard InChI is InChI=1S/C25H23N5O4S/c1-32-17-10-8-16(9-11-17)24-28-29-25(30(24)14-18-5-4-12-33-18)35-15-22(31)27-23-19-6-2-3-7-20(19)34-21(23)13-26/h2-3,6-11,18H,4-5,12,14-15H2,1H3,(H,27,31)/t18-/m1/s1. The van der Waals surface area contributed by atoms with Crippen molar-refractivity contribution in [1.82, 2.24) is 14.8 Å². The van der Waals surface area contributed by atoms with E-state index in [1.165, 1.54) is 11.8 Å². The highest BCUT2D eigenvalue weighted by Crippen LogP contribution is 2.31. The molecule has 3 heterocycles. The number of amides is 1. The number of nitriles is 1. The summed E-state index contributed by atoms with van der Waals surface area (Å²) in [6, 6.07) is 16.8. The van der Waals surface area contributed by atoms with Crippen molar-refractivity contribution in [1.29, 1.82) is 5.26 Å². The van der Waals surface area contributed by atoms with Gasteiger partial charge in [0.25, 0.3) is 0 Å². The molecule has 0 bridgehead atoms. The zero-order chi connectivity index (χ0) is 24.2. The number of methoxy groups -OCH3 is 1. The minimum Gasteiger partial charge on any atom is -0.497 e. The Kier molecular flexibility index (Phi) is 6.70. The van der Waals surface area contributed by atoms with Gasteiger partial charge in [0, 0.05) is 17.6 Å². The van der Waals surface area contributed by atoms with Gasteiger partial charge in [-0.05, 0) is 49.2 Å². The van der Waals surface area contributed by atoms with Crippen LogP contribution < -0.4 is 10.1 Å². The molecule has 4 aromatic rings. The van der Waals surface area contributed by atoms with Crippen molar-refractivity contribution in [2.75, 3.05) is 24.8 Å². The maximum atomic E-state index is 12.8. The molecule has 1 N–H and O–H groups in total. The van der Waals surface area contributed by atoms with Gasteiger partial charge in [0.2, 0.25) is 11.7 Å². The summed E-state index contributed by atoms with van der Waals surface area (Å²) in [6.07, 6.45) is 2.07. The minimum atomic E-state index is -0.268. The second kappa shape index (κ2) is 10.2. The lowest BCUT2D eigenvalue weighted by atomic mass is 10.2. The lowest BCUT2D eigenvalue weighted by molar-refractivity contribution is -0.113. The number of fused-ring (bicyclic) bond motifs is 1. The van der Waals surface area contributed by atoms with Crippen LogP contribution in [0, 0.1) is 11.3 Å². The highest BCUT2D eigenvalue weighted by Gasteiger charge is 2.23. The van der Waals surface area contributed by atoms with Crippen LogP contribution >= 0.6 is 11.8 Å². The first-order valence-electron chi connectivity index (χ1n) is 11.2. The lowest BCUT2D eigenvalue weighted by Gasteiger charge is -2.15. The Morgan fingerprint density at radius 2 is 2.09 bits per heavy atom. The molecular weight excluding hydrogens is 466 g/mol. The molecule has 0 spiro atoms. The number of nitrogens with zero attached hydrogens (tertiary/aromatic N) is 4. The van der Waals surface area contributed by atoms with E-state index < -0.39 is 0 Å². The van der Waals surface area contributed by atoms with Crippen molar-refractivity contribution in [2.24, 2.45) is 0 Å². The molecule has 178 valence electrons. The van der Waals surface area contributed by atoms with E-state index in [4.69, 9.17) is 13.9 Å². The molecule has 0 saturated carbocycles. The van der Waals surface area contributed by atoms with Crippen molar-refractivity contribution in [2.45, 2.75) is 30.6 Å². The Labute approximate surface area is 206 Å². The summed E-state index contributed by atoms with van der Waals surface area (Å²) in [5.74, 6) is 1.37. The zero-order valence-electron chi connectivity index (χ0n) is 19.1. The average molecular weight is 490 g/mol. The van der Waals surface area contributed by atoms with Gasteiger partial charge in [0.05, 0.1) is 25.5 Å². The number of furan rings is 1. The Bertz CT molecular complexity index is 1380. The molecule has 5 rings (SSSR count). The third-order valence-electron chi connectivity index (χ3n) is 5.77. The van der Waals surface area contributed by atoms with Crippen LogP contribution in [0.15, 0.2) is 58.1 Å². The fraction of sp³-hybridized carbons (Fsp3) is 0.280. The Morgan fingerprint density at radius 3 is 2.83 bits per heavy atom. The van der Waals surface area contributed by atoms with E-state index in [1.807, 2.05) is 53.1 Å². The van der Waals surface area contributed by atoms with Crippen molar-refractivity contribution in [3.05, 3.63) is 54.3 Å². The number of aromatic nitrogens is 3. The van der Waals surface area contributed by atoms with Gasteiger partial charge in [-0.3, -0.25) is 9.36 Å². The summed E-state index contributed by atoms with van der Waals surface area (Å²) in [5.41, 5.74) is 1.83. The first-order chi connectivity index (χ1) is 17.2. The summed E-state index contributed by atoms with van der Waals surface area (Å²) >= 11 is 1.29. The number of carbonyl (C=O) groups excluding carboxylic acids is 1. The first-order valence-corrected chi connectivity index (χ1v) is 12.2. The number of ether oxygens (including phenoxy) is 2. The molecule has 1 saturated heterocycles. The molecule has 35 heavy (non-hydrogen) atoms. The molecule has 9 nitrogen and oxygen atoms in total. The highest BCUT2D eigenvalue weighted by atomic mass is 32.2. The second-order valence-corrected chi connectivity index (χ2v) is 8.97. The summed E-state index contributed by atoms with van der Waals surface area (Å²) in [5, 5.41) is 22.3. The number of thioether (sulfide) groups is 1. The number of nitrogens with one attached hydrogen (secondary N) is 1. The second-order valence-electron chi connectivity index (χ2n) is 8.03. The van der Waals surface area contributed by atoms with Crippen LogP contribution in [0.5, 0.6) is 5.75 Å². The Hall–Kier alpha value is -3.81. The van der Waals surface area contributed by atoms with Gasteiger partial charge < -0.3 is 19.2 Å². The van der Waals surface area contributed by atoms with Crippen LogP contribution in [0.1, 0.15) is 18.6 Å². The van der Waals surface area contributed by atoms with E-state index in [2.05, 4.69) is 15.5 Å². The number of carbonyl (C=O) groups is 1. The molecule has 0 radical (unpaired) electrons. The summed E-state index contributed by atoms with van der Waals surface area (Å²) in [6.45, 7) is 1.35. The number of benzene rings is 2. The summed E-state index contributed by atoms with van der Waals surface area (Å²) < 4.78 is 18.7. The zero-order valence-corrected chi connectivity index (χ0v) is 19.9. The van der Waals surface area contributed by atoms with E-state index >= 15 is 0 Å². The molecular formula is C25H23N5O4S. The number of hydrogen-bond acceptors (Lipinski definition) is 8. The number of rotatable bonds is 8. The van der Waals surface area contributed by atoms with Crippen LogP contribution in [0.25, 0.3) is 22.4 Å². The topological polar surface area (TPSA) is 115 Å². The van der Waals surface area contributed by atoms with Crippen LogP contribution in [-0.4, -0.2) is 46.2 Å². The van der Waals surface area contributed by atoms with E-state index in [0.29, 0.717) is 34.2 Å². The van der Waals surface area contributed by atoms with Gasteiger partial charge in [0.15, 0.2) is 11.0 Å². The van der Waals surface area contributed by atoms with E-state index in [-0.39, 0.29) is 23.5 Å². The van der Waals surface area contributed by atoms with Crippen molar-refractivity contribution in [3.8, 4) is 23.2 Å². The number of para-hydroxylation sites is 1. The van der Waals surface area contributed by atoms with Crippen molar-refractivity contribution < 1.29 is 18.7 Å². The van der Waals surface area contributed by atoms with Gasteiger partial charge in [-0.25, -0.2) is 0 Å². The number of anilines is 1. The van der Waals surface area contributed by atoms with Crippen LogP contribution in [-0.2, 0) is 16.1 Å². The SMILES string of the molecule is COc1ccc(-c2nnc(SCC(=O)Nc3c(C#N)oc4ccccc34)n2C[C@H]2CCCO2)cc1. The van der Waals surface area contributed by atoms with E-state index in [9.17, 15) is 10.1 Å². The fourth-order valence-corrected chi connectivity index (χ4v) is 4.81. The smallest absolute Gasteiger partial charge is 0.234 e. The van der Waals surface area contributed by atoms with E-state index in [0.717, 1.165) is 30.8 Å². The lowest BCUT2D eigenvalue weighted by Crippen LogP contribution is -2.18. The van der Waals surface area contributed by atoms with Gasteiger partial charge in [0.1, 0.15) is 23.1 Å². The molecule has 1 aliphatic rings. The molecule has 1 aliphatic heterocycles. The minimum absolute atomic E-state index is 0.0756. The predicted octanol–water partition coefficient (Wildman–Crippen LogP) is 4.48. The molecule has 0 aliphatic carbocycles. The normalized spacial score (nSPS) is 15.3. The molecule has 0 unspecified atom stereocenters. The van der Waals surface area contributed by atoms with Gasteiger partial charge in [-0.15, -0.1) is 10.2 Å². The van der Waals surface area contributed by atoms with Gasteiger partial charge in [-0.2, -0.15) is 5.26 Å². The van der Waals surface area contributed by atoms with Gasteiger partial charge in [-0.1, -0.05) is 23.9 Å². The maximum Gasteiger partial charge on any atom is 0.234 e. The van der Waals surface area contributed by atoms with E-state index in [1.54, 1.807) is 13.2 Å². The summed E-state index contributed by atoms with van der Waals surface area (Å²) in [7, 11) is 1.63. The molecule has 10 heteroatoms. The third-order valence-corrected chi connectivity index (χ3v) is 6.74.